The minimum atomic E-state index is 0.172. The molecule has 0 N–H and O–H groups in total. The van der Waals surface area contributed by atoms with Gasteiger partial charge in [0.15, 0.2) is 0 Å². The van der Waals surface area contributed by atoms with Gasteiger partial charge in [-0.25, -0.2) is 0 Å². The Labute approximate surface area is 124 Å². The van der Waals surface area contributed by atoms with Crippen molar-refractivity contribution in [2.45, 2.75) is 31.3 Å². The molecule has 2 aliphatic heterocycles. The molecule has 2 bridgehead atoms. The van der Waals surface area contributed by atoms with Crippen LogP contribution in [0.2, 0.25) is 0 Å². The number of benzene rings is 1. The number of amides is 1. The van der Waals surface area contributed by atoms with Crippen molar-refractivity contribution in [2.75, 3.05) is 0 Å². The van der Waals surface area contributed by atoms with Crippen LogP contribution in [0, 0.1) is 0 Å². The molecule has 1 aromatic heterocycles. The van der Waals surface area contributed by atoms with Crippen molar-refractivity contribution >= 4 is 5.91 Å². The van der Waals surface area contributed by atoms with Crippen LogP contribution in [0.15, 0.2) is 60.9 Å². The molecule has 21 heavy (non-hydrogen) atoms. The standard InChI is InChI=1S/C18H18N2O/c21-18(20-16-4-3-5-17(20)11-10-16)14-6-8-15(9-7-14)19-12-1-2-13-19/h1-4,6-9,12-13,16-17H,5,10-11H2/t16-,17-/m0/s1. The predicted octanol–water partition coefficient (Wildman–Crippen LogP) is 3.41. The first-order valence-corrected chi connectivity index (χ1v) is 7.56. The van der Waals surface area contributed by atoms with Crippen molar-refractivity contribution in [1.82, 2.24) is 9.47 Å². The van der Waals surface area contributed by atoms with Crippen LogP contribution in [0.1, 0.15) is 29.6 Å². The van der Waals surface area contributed by atoms with Crippen LogP contribution < -0.4 is 0 Å². The minimum absolute atomic E-state index is 0.172. The van der Waals surface area contributed by atoms with E-state index in [1.54, 1.807) is 0 Å². The first-order valence-electron chi connectivity index (χ1n) is 7.56. The Morgan fingerprint density at radius 1 is 1.05 bits per heavy atom. The van der Waals surface area contributed by atoms with Crippen LogP contribution >= 0.6 is 0 Å². The van der Waals surface area contributed by atoms with Gasteiger partial charge in [-0.15, -0.1) is 0 Å². The largest absolute Gasteiger partial charge is 0.329 e. The first kappa shape index (κ1) is 12.5. The molecule has 2 atom stereocenters. The summed E-state index contributed by atoms with van der Waals surface area (Å²) in [5.41, 5.74) is 1.87. The summed E-state index contributed by atoms with van der Waals surface area (Å²) in [4.78, 5) is 14.8. The molecule has 1 aromatic carbocycles. The topological polar surface area (TPSA) is 25.2 Å². The van der Waals surface area contributed by atoms with Crippen LogP contribution in [-0.2, 0) is 0 Å². The van der Waals surface area contributed by atoms with Gasteiger partial charge in [-0.05, 0) is 55.7 Å². The summed E-state index contributed by atoms with van der Waals surface area (Å²) in [6, 6.07) is 12.6. The number of rotatable bonds is 2. The molecule has 1 fully saturated rings. The Morgan fingerprint density at radius 2 is 1.81 bits per heavy atom. The number of aromatic nitrogens is 1. The highest BCUT2D eigenvalue weighted by atomic mass is 16.2. The van der Waals surface area contributed by atoms with Gasteiger partial charge >= 0.3 is 0 Å². The fourth-order valence-corrected chi connectivity index (χ4v) is 3.47. The van der Waals surface area contributed by atoms with Gasteiger partial charge in [0.1, 0.15) is 0 Å². The van der Waals surface area contributed by atoms with Gasteiger partial charge in [-0.1, -0.05) is 12.2 Å². The van der Waals surface area contributed by atoms with E-state index in [-0.39, 0.29) is 5.91 Å². The summed E-state index contributed by atoms with van der Waals surface area (Å²) in [7, 11) is 0. The van der Waals surface area contributed by atoms with Gasteiger partial charge < -0.3 is 9.47 Å². The number of nitrogens with zero attached hydrogens (tertiary/aromatic N) is 2. The fourth-order valence-electron chi connectivity index (χ4n) is 3.47. The third-order valence-electron chi connectivity index (χ3n) is 4.56. The lowest BCUT2D eigenvalue weighted by Crippen LogP contribution is -2.42. The van der Waals surface area contributed by atoms with E-state index in [1.807, 2.05) is 53.4 Å². The summed E-state index contributed by atoms with van der Waals surface area (Å²) in [6.07, 6.45) is 11.7. The number of hydrogen-bond donors (Lipinski definition) is 0. The average Bonchev–Trinajstić information content (AvgIpc) is 3.14. The van der Waals surface area contributed by atoms with Crippen molar-refractivity contribution < 1.29 is 4.79 Å². The van der Waals surface area contributed by atoms with E-state index < -0.39 is 0 Å². The zero-order valence-electron chi connectivity index (χ0n) is 11.9. The molecule has 0 spiro atoms. The van der Waals surface area contributed by atoms with Crippen LogP contribution in [0.4, 0.5) is 0 Å². The number of carbonyl (C=O) groups is 1. The van der Waals surface area contributed by atoms with Gasteiger partial charge in [0.05, 0.1) is 6.04 Å². The maximum absolute atomic E-state index is 12.7. The smallest absolute Gasteiger partial charge is 0.254 e. The van der Waals surface area contributed by atoms with Gasteiger partial charge in [0.2, 0.25) is 0 Å². The summed E-state index contributed by atoms with van der Waals surface area (Å²) in [6.45, 7) is 0. The predicted molar refractivity (Wildman–Crippen MR) is 82.5 cm³/mol. The summed E-state index contributed by atoms with van der Waals surface area (Å²) >= 11 is 0. The Balaban J connectivity index is 1.59. The lowest BCUT2D eigenvalue weighted by molar-refractivity contribution is 0.0689. The Hall–Kier alpha value is -2.29. The third kappa shape index (κ3) is 2.09. The third-order valence-corrected chi connectivity index (χ3v) is 4.56. The quantitative estimate of drug-likeness (QED) is 0.773. The monoisotopic (exact) mass is 278 g/mol. The van der Waals surface area contributed by atoms with Crippen LogP contribution in [0.3, 0.4) is 0 Å². The van der Waals surface area contributed by atoms with E-state index in [0.29, 0.717) is 12.1 Å². The van der Waals surface area contributed by atoms with Gasteiger partial charge in [0.25, 0.3) is 5.91 Å². The number of carbonyl (C=O) groups excluding carboxylic acids is 1. The minimum Gasteiger partial charge on any atom is -0.329 e. The van der Waals surface area contributed by atoms with Gasteiger partial charge in [0, 0.05) is 29.7 Å². The zero-order chi connectivity index (χ0) is 14.2. The summed E-state index contributed by atoms with van der Waals surface area (Å²) < 4.78 is 2.04. The molecule has 106 valence electrons. The SMILES string of the molecule is O=C(c1ccc(-n2cccc2)cc1)N1[C@H]2CC=C[C@H]1CC2. The zero-order valence-corrected chi connectivity index (χ0v) is 11.9. The molecule has 2 aromatic rings. The second-order valence-electron chi connectivity index (χ2n) is 5.81. The molecule has 1 amide bonds. The summed E-state index contributed by atoms with van der Waals surface area (Å²) in [5.74, 6) is 0.172. The maximum Gasteiger partial charge on any atom is 0.254 e. The Bertz CT molecular complexity index is 670. The fraction of sp³-hybridized carbons (Fsp3) is 0.278. The van der Waals surface area contributed by atoms with Crippen LogP contribution in [0.5, 0.6) is 0 Å². The van der Waals surface area contributed by atoms with Crippen LogP contribution in [0.25, 0.3) is 5.69 Å². The van der Waals surface area contributed by atoms with Crippen molar-refractivity contribution in [2.24, 2.45) is 0 Å². The first-order chi connectivity index (χ1) is 10.3. The molecule has 2 aliphatic rings. The Kier molecular flexibility index (Phi) is 2.92. The van der Waals surface area contributed by atoms with E-state index in [4.69, 9.17) is 0 Å². The summed E-state index contributed by atoms with van der Waals surface area (Å²) in [5, 5.41) is 0. The molecule has 0 radical (unpaired) electrons. The molecular weight excluding hydrogens is 260 g/mol. The van der Waals surface area contributed by atoms with E-state index in [0.717, 1.165) is 30.5 Å². The average molecular weight is 278 g/mol. The lowest BCUT2D eigenvalue weighted by Gasteiger charge is -2.31. The van der Waals surface area contributed by atoms with Crippen molar-refractivity contribution in [3.05, 3.63) is 66.5 Å². The van der Waals surface area contributed by atoms with E-state index in [9.17, 15) is 4.79 Å². The highest BCUT2D eigenvalue weighted by Gasteiger charge is 2.37. The van der Waals surface area contributed by atoms with Crippen molar-refractivity contribution in [3.8, 4) is 5.69 Å². The molecule has 0 unspecified atom stereocenters. The van der Waals surface area contributed by atoms with E-state index in [2.05, 4.69) is 17.1 Å². The molecule has 3 nitrogen and oxygen atoms in total. The molecule has 4 rings (SSSR count). The van der Waals surface area contributed by atoms with Crippen LogP contribution in [-0.4, -0.2) is 27.5 Å². The molecule has 0 aliphatic carbocycles. The van der Waals surface area contributed by atoms with E-state index in [1.165, 1.54) is 0 Å². The highest BCUT2D eigenvalue weighted by molar-refractivity contribution is 5.95. The molecular formula is C18H18N2O. The Morgan fingerprint density at radius 3 is 2.52 bits per heavy atom. The van der Waals surface area contributed by atoms with E-state index >= 15 is 0 Å². The second-order valence-corrected chi connectivity index (χ2v) is 5.81. The lowest BCUT2D eigenvalue weighted by atomic mass is 10.1. The maximum atomic E-state index is 12.7. The highest BCUT2D eigenvalue weighted by Crippen LogP contribution is 2.32. The number of fused-ring (bicyclic) bond motifs is 2. The number of hydrogen-bond acceptors (Lipinski definition) is 1. The van der Waals surface area contributed by atoms with Crippen molar-refractivity contribution in [3.63, 3.8) is 0 Å². The molecule has 3 heterocycles. The molecule has 1 saturated heterocycles. The van der Waals surface area contributed by atoms with Crippen molar-refractivity contribution in [1.29, 1.82) is 0 Å². The second kappa shape index (κ2) is 4.92. The molecule has 3 heteroatoms. The normalized spacial score (nSPS) is 23.5. The van der Waals surface area contributed by atoms with Gasteiger partial charge in [-0.2, -0.15) is 0 Å². The molecule has 0 saturated carbocycles. The van der Waals surface area contributed by atoms with Gasteiger partial charge in [-0.3, -0.25) is 4.79 Å².